The van der Waals surface area contributed by atoms with Gasteiger partial charge in [0.1, 0.15) is 24.6 Å². The van der Waals surface area contributed by atoms with E-state index in [1.807, 2.05) is 0 Å². The standard InChI is InChI=1S/C13H18O4/c1-9(14)17-11-6-5-10-4-2-3-7-13(10)12(11)15-8-16-13/h3,7,10-12H,2,4-6,8H2,1H3. The largest absolute Gasteiger partial charge is 0.460 e. The summed E-state index contributed by atoms with van der Waals surface area (Å²) in [5, 5.41) is 0. The number of hydrogen-bond donors (Lipinski definition) is 0. The fourth-order valence-corrected chi connectivity index (χ4v) is 3.46. The van der Waals surface area contributed by atoms with Crippen LogP contribution in [0.15, 0.2) is 12.2 Å². The normalized spacial score (nSPS) is 43.9. The third-order valence-corrected chi connectivity index (χ3v) is 4.15. The van der Waals surface area contributed by atoms with E-state index in [4.69, 9.17) is 14.2 Å². The summed E-state index contributed by atoms with van der Waals surface area (Å²) in [7, 11) is 0. The molecule has 4 nitrogen and oxygen atoms in total. The number of ether oxygens (including phenoxy) is 3. The second-order valence-electron chi connectivity index (χ2n) is 5.10. The first kappa shape index (κ1) is 11.2. The van der Waals surface area contributed by atoms with Crippen molar-refractivity contribution < 1.29 is 19.0 Å². The second-order valence-corrected chi connectivity index (χ2v) is 5.10. The molecule has 1 saturated heterocycles. The highest BCUT2D eigenvalue weighted by molar-refractivity contribution is 5.66. The van der Waals surface area contributed by atoms with Gasteiger partial charge in [-0.05, 0) is 31.6 Å². The van der Waals surface area contributed by atoms with Gasteiger partial charge in [0.2, 0.25) is 0 Å². The third-order valence-electron chi connectivity index (χ3n) is 4.15. The molecule has 4 unspecified atom stereocenters. The summed E-state index contributed by atoms with van der Waals surface area (Å²) in [6.07, 6.45) is 8.19. The lowest BCUT2D eigenvalue weighted by Crippen LogP contribution is -2.56. The van der Waals surface area contributed by atoms with Gasteiger partial charge in [-0.25, -0.2) is 0 Å². The van der Waals surface area contributed by atoms with E-state index in [0.29, 0.717) is 12.7 Å². The number of rotatable bonds is 1. The average molecular weight is 238 g/mol. The monoisotopic (exact) mass is 238 g/mol. The Morgan fingerprint density at radius 1 is 1.41 bits per heavy atom. The maximum atomic E-state index is 11.1. The maximum Gasteiger partial charge on any atom is 0.302 e. The lowest BCUT2D eigenvalue weighted by Gasteiger charge is -2.46. The van der Waals surface area contributed by atoms with Gasteiger partial charge in [-0.2, -0.15) is 0 Å². The zero-order valence-electron chi connectivity index (χ0n) is 10.1. The highest BCUT2D eigenvalue weighted by atomic mass is 16.7. The fourth-order valence-electron chi connectivity index (χ4n) is 3.46. The molecule has 2 fully saturated rings. The molecule has 17 heavy (non-hydrogen) atoms. The van der Waals surface area contributed by atoms with Crippen molar-refractivity contribution in [1.29, 1.82) is 0 Å². The Kier molecular flexibility index (Phi) is 2.71. The van der Waals surface area contributed by atoms with Crippen LogP contribution in [0.25, 0.3) is 0 Å². The molecule has 0 aromatic heterocycles. The molecule has 1 saturated carbocycles. The van der Waals surface area contributed by atoms with Crippen LogP contribution in [0.3, 0.4) is 0 Å². The minimum absolute atomic E-state index is 0.123. The zero-order valence-corrected chi connectivity index (χ0v) is 10.1. The smallest absolute Gasteiger partial charge is 0.302 e. The summed E-state index contributed by atoms with van der Waals surface area (Å²) >= 11 is 0. The molecular formula is C13H18O4. The molecular weight excluding hydrogens is 220 g/mol. The van der Waals surface area contributed by atoms with Gasteiger partial charge in [0.25, 0.3) is 0 Å². The van der Waals surface area contributed by atoms with Crippen molar-refractivity contribution in [3.05, 3.63) is 12.2 Å². The van der Waals surface area contributed by atoms with Gasteiger partial charge in [0.05, 0.1) is 0 Å². The van der Waals surface area contributed by atoms with Crippen molar-refractivity contribution >= 4 is 5.97 Å². The van der Waals surface area contributed by atoms with Crippen molar-refractivity contribution in [3.8, 4) is 0 Å². The van der Waals surface area contributed by atoms with E-state index in [1.54, 1.807) is 0 Å². The Hall–Kier alpha value is -0.870. The van der Waals surface area contributed by atoms with Gasteiger partial charge in [-0.3, -0.25) is 4.79 Å². The van der Waals surface area contributed by atoms with Crippen molar-refractivity contribution in [3.63, 3.8) is 0 Å². The maximum absolute atomic E-state index is 11.1. The van der Waals surface area contributed by atoms with E-state index in [0.717, 1.165) is 25.7 Å². The first-order valence-electron chi connectivity index (χ1n) is 6.33. The fraction of sp³-hybridized carbons (Fsp3) is 0.769. The number of carbonyl (C=O) groups excluding carboxylic acids is 1. The van der Waals surface area contributed by atoms with Crippen LogP contribution in [0.2, 0.25) is 0 Å². The predicted octanol–water partition coefficient (Wildman–Crippen LogP) is 1.79. The average Bonchev–Trinajstić information content (AvgIpc) is 2.72. The van der Waals surface area contributed by atoms with Crippen LogP contribution >= 0.6 is 0 Å². The van der Waals surface area contributed by atoms with Crippen LogP contribution in [0.1, 0.15) is 32.6 Å². The molecule has 0 aromatic carbocycles. The van der Waals surface area contributed by atoms with Crippen molar-refractivity contribution in [2.24, 2.45) is 5.92 Å². The molecule has 0 radical (unpaired) electrons. The Morgan fingerprint density at radius 2 is 2.29 bits per heavy atom. The third kappa shape index (κ3) is 1.70. The molecule has 3 rings (SSSR count). The Balaban J connectivity index is 1.88. The number of hydrogen-bond acceptors (Lipinski definition) is 4. The minimum Gasteiger partial charge on any atom is -0.460 e. The highest BCUT2D eigenvalue weighted by Crippen LogP contribution is 2.48. The first-order chi connectivity index (χ1) is 8.22. The van der Waals surface area contributed by atoms with Gasteiger partial charge in [0, 0.05) is 6.92 Å². The van der Waals surface area contributed by atoms with Gasteiger partial charge < -0.3 is 14.2 Å². The summed E-state index contributed by atoms with van der Waals surface area (Å²) in [4.78, 5) is 11.1. The molecule has 2 aliphatic carbocycles. The molecule has 1 heterocycles. The molecule has 4 atom stereocenters. The van der Waals surface area contributed by atoms with Gasteiger partial charge in [-0.15, -0.1) is 0 Å². The van der Waals surface area contributed by atoms with Crippen LogP contribution in [0, 0.1) is 5.92 Å². The lowest BCUT2D eigenvalue weighted by molar-refractivity contribution is -0.161. The molecule has 1 aliphatic heterocycles. The Morgan fingerprint density at radius 3 is 3.12 bits per heavy atom. The van der Waals surface area contributed by atoms with Gasteiger partial charge >= 0.3 is 5.97 Å². The van der Waals surface area contributed by atoms with E-state index in [1.165, 1.54) is 6.92 Å². The van der Waals surface area contributed by atoms with Crippen LogP contribution in [0.5, 0.6) is 0 Å². The SMILES string of the molecule is CC(=O)OC1CCC2CCC=CC23OCOC13. The van der Waals surface area contributed by atoms with E-state index < -0.39 is 0 Å². The number of esters is 1. The lowest BCUT2D eigenvalue weighted by atomic mass is 9.68. The van der Waals surface area contributed by atoms with Crippen molar-refractivity contribution in [1.82, 2.24) is 0 Å². The summed E-state index contributed by atoms with van der Waals surface area (Å²) in [5.74, 6) is 0.269. The van der Waals surface area contributed by atoms with Crippen LogP contribution in [0.4, 0.5) is 0 Å². The second kappa shape index (κ2) is 4.10. The summed E-state index contributed by atoms with van der Waals surface area (Å²) in [6.45, 7) is 1.76. The van der Waals surface area contributed by atoms with Crippen molar-refractivity contribution in [2.75, 3.05) is 6.79 Å². The van der Waals surface area contributed by atoms with Crippen LogP contribution < -0.4 is 0 Å². The molecule has 0 bridgehead atoms. The van der Waals surface area contributed by atoms with E-state index >= 15 is 0 Å². The van der Waals surface area contributed by atoms with Gasteiger partial charge in [-0.1, -0.05) is 12.2 Å². The van der Waals surface area contributed by atoms with E-state index in [2.05, 4.69) is 12.2 Å². The molecule has 3 aliphatic rings. The van der Waals surface area contributed by atoms with Crippen molar-refractivity contribution in [2.45, 2.75) is 50.4 Å². The topological polar surface area (TPSA) is 44.8 Å². The zero-order chi connectivity index (χ0) is 11.9. The number of allylic oxidation sites excluding steroid dienone is 1. The Labute approximate surface area is 101 Å². The molecule has 4 heteroatoms. The molecule has 1 spiro atoms. The highest BCUT2D eigenvalue weighted by Gasteiger charge is 2.57. The summed E-state index contributed by atoms with van der Waals surface area (Å²) < 4.78 is 16.9. The van der Waals surface area contributed by atoms with E-state index in [-0.39, 0.29) is 23.8 Å². The quantitative estimate of drug-likeness (QED) is 0.516. The van der Waals surface area contributed by atoms with Gasteiger partial charge in [0.15, 0.2) is 0 Å². The van der Waals surface area contributed by atoms with E-state index in [9.17, 15) is 4.79 Å². The first-order valence-corrected chi connectivity index (χ1v) is 6.33. The summed E-state index contributed by atoms with van der Waals surface area (Å²) in [6, 6.07) is 0. The van der Waals surface area contributed by atoms with Crippen LogP contribution in [-0.4, -0.2) is 30.6 Å². The molecule has 0 aromatic rings. The number of carbonyl (C=O) groups is 1. The minimum atomic E-state index is -0.337. The molecule has 0 amide bonds. The molecule has 0 N–H and O–H groups in total. The summed E-state index contributed by atoms with van der Waals surface area (Å²) in [5.41, 5.74) is -0.337. The van der Waals surface area contributed by atoms with Crippen LogP contribution in [-0.2, 0) is 19.0 Å². The predicted molar refractivity (Wildman–Crippen MR) is 60.2 cm³/mol. The molecule has 94 valence electrons. The Bertz CT molecular complexity index is 351.